The summed E-state index contributed by atoms with van der Waals surface area (Å²) in [5.74, 6) is 1.29. The average molecular weight is 264 g/mol. The van der Waals surface area contributed by atoms with Gasteiger partial charge < -0.3 is 15.7 Å². The molecule has 94 valence electrons. The number of unbranched alkanes of at least 4 members (excludes halogenated alkanes) is 1. The monoisotopic (exact) mass is 264 g/mol. The van der Waals surface area contributed by atoms with Crippen LogP contribution in [0.1, 0.15) is 25.7 Å². The first-order valence-electron chi connectivity index (χ1n) is 5.73. The van der Waals surface area contributed by atoms with Crippen LogP contribution in [0.25, 0.3) is 0 Å². The largest absolute Gasteiger partial charge is 0.395 e. The zero-order valence-electron chi connectivity index (χ0n) is 9.41. The molecule has 0 spiro atoms. The fraction of sp³-hybridized carbons (Fsp3) is 0.900. The van der Waals surface area contributed by atoms with Crippen LogP contribution in [0.15, 0.2) is 0 Å². The molecule has 16 heavy (non-hydrogen) atoms. The van der Waals surface area contributed by atoms with Gasteiger partial charge in [-0.2, -0.15) is 0 Å². The number of carbonyl (C=O) groups is 1. The molecule has 4 nitrogen and oxygen atoms in total. The Labute approximate surface area is 105 Å². The van der Waals surface area contributed by atoms with Crippen LogP contribution in [0.2, 0.25) is 0 Å². The topological polar surface area (TPSA) is 61.4 Å². The van der Waals surface area contributed by atoms with Crippen molar-refractivity contribution in [3.8, 4) is 0 Å². The van der Waals surface area contributed by atoms with Gasteiger partial charge >= 0.3 is 6.03 Å². The number of aliphatic hydroxyl groups is 1. The molecule has 0 aromatic carbocycles. The lowest BCUT2D eigenvalue weighted by atomic mass is 10.1. The van der Waals surface area contributed by atoms with Gasteiger partial charge in [0.2, 0.25) is 0 Å². The zero-order chi connectivity index (χ0) is 11.6. The van der Waals surface area contributed by atoms with E-state index in [9.17, 15) is 4.79 Å². The quantitative estimate of drug-likeness (QED) is 0.483. The number of hydrogen-bond donors (Lipinski definition) is 3. The van der Waals surface area contributed by atoms with Crippen LogP contribution in [-0.2, 0) is 0 Å². The molecule has 0 radical (unpaired) electrons. The standard InChI is InChI=1S/C10H20N2O2S2/c13-7-6-12-10(14)11-5-2-1-3-9-4-8-15-16-9/h9,13H,1-8H2,(H2,11,12,14). The molecule has 1 atom stereocenters. The lowest BCUT2D eigenvalue weighted by Crippen LogP contribution is -2.37. The summed E-state index contributed by atoms with van der Waals surface area (Å²) in [4.78, 5) is 11.1. The summed E-state index contributed by atoms with van der Waals surface area (Å²) in [6.45, 7) is 1.04. The minimum absolute atomic E-state index is 0.00993. The maximum absolute atomic E-state index is 11.1. The summed E-state index contributed by atoms with van der Waals surface area (Å²) in [7, 11) is 3.98. The van der Waals surface area contributed by atoms with E-state index in [2.05, 4.69) is 10.6 Å². The van der Waals surface area contributed by atoms with Gasteiger partial charge in [0.05, 0.1) is 6.61 Å². The van der Waals surface area contributed by atoms with Crippen LogP contribution in [-0.4, -0.2) is 41.8 Å². The highest BCUT2D eigenvalue weighted by Crippen LogP contribution is 2.39. The Balaban J connectivity index is 1.85. The molecule has 6 heteroatoms. The van der Waals surface area contributed by atoms with E-state index in [-0.39, 0.29) is 12.6 Å². The van der Waals surface area contributed by atoms with Crippen molar-refractivity contribution >= 4 is 27.6 Å². The van der Waals surface area contributed by atoms with Crippen LogP contribution >= 0.6 is 21.6 Å². The smallest absolute Gasteiger partial charge is 0.314 e. The van der Waals surface area contributed by atoms with Gasteiger partial charge in [0.25, 0.3) is 0 Å². The Hall–Kier alpha value is -0.0700. The second-order valence-electron chi connectivity index (χ2n) is 3.73. The maximum atomic E-state index is 11.1. The summed E-state index contributed by atoms with van der Waals surface area (Å²) in [5, 5.41) is 14.7. The van der Waals surface area contributed by atoms with E-state index in [1.807, 2.05) is 21.6 Å². The second kappa shape index (κ2) is 9.01. The van der Waals surface area contributed by atoms with Crippen molar-refractivity contribution < 1.29 is 9.90 Å². The number of carbonyl (C=O) groups excluding carboxylic acids is 1. The van der Waals surface area contributed by atoms with E-state index in [4.69, 9.17) is 5.11 Å². The highest BCUT2D eigenvalue weighted by atomic mass is 33.1. The third-order valence-electron chi connectivity index (χ3n) is 2.36. The summed E-state index contributed by atoms with van der Waals surface area (Å²) in [6.07, 6.45) is 4.81. The fourth-order valence-electron chi connectivity index (χ4n) is 1.50. The van der Waals surface area contributed by atoms with E-state index in [0.717, 1.165) is 18.2 Å². The normalized spacial score (nSPS) is 19.7. The van der Waals surface area contributed by atoms with E-state index in [1.54, 1.807) is 0 Å². The second-order valence-corrected chi connectivity index (χ2v) is 6.52. The summed E-state index contributed by atoms with van der Waals surface area (Å²) in [6, 6.07) is -0.181. The van der Waals surface area contributed by atoms with Crippen molar-refractivity contribution in [3.05, 3.63) is 0 Å². The molecule has 0 aromatic heterocycles. The molecule has 0 aliphatic carbocycles. The van der Waals surface area contributed by atoms with Gasteiger partial charge in [-0.25, -0.2) is 4.79 Å². The van der Waals surface area contributed by atoms with Gasteiger partial charge in [-0.3, -0.25) is 0 Å². The first-order chi connectivity index (χ1) is 7.83. The minimum atomic E-state index is -0.181. The molecule has 0 aromatic rings. The molecule has 1 heterocycles. The van der Waals surface area contributed by atoms with Gasteiger partial charge in [-0.15, -0.1) is 0 Å². The number of aliphatic hydroxyl groups excluding tert-OH is 1. The van der Waals surface area contributed by atoms with Gasteiger partial charge in [-0.05, 0) is 19.3 Å². The Morgan fingerprint density at radius 3 is 2.81 bits per heavy atom. The number of amides is 2. The summed E-state index contributed by atoms with van der Waals surface area (Å²) in [5.41, 5.74) is 0. The van der Waals surface area contributed by atoms with E-state index in [0.29, 0.717) is 6.54 Å². The molecule has 0 saturated carbocycles. The Morgan fingerprint density at radius 2 is 2.12 bits per heavy atom. The first-order valence-corrected chi connectivity index (χ1v) is 8.12. The van der Waals surface area contributed by atoms with Crippen LogP contribution in [0.5, 0.6) is 0 Å². The molecular formula is C10H20N2O2S2. The molecular weight excluding hydrogens is 244 g/mol. The molecule has 1 saturated heterocycles. The molecule has 1 aliphatic heterocycles. The van der Waals surface area contributed by atoms with Gasteiger partial charge in [0.1, 0.15) is 0 Å². The van der Waals surface area contributed by atoms with Gasteiger partial charge in [0.15, 0.2) is 0 Å². The van der Waals surface area contributed by atoms with Crippen molar-refractivity contribution in [1.82, 2.24) is 10.6 Å². The summed E-state index contributed by atoms with van der Waals surface area (Å²) < 4.78 is 0. The Bertz CT molecular complexity index is 199. The molecule has 1 rings (SSSR count). The van der Waals surface area contributed by atoms with Crippen molar-refractivity contribution in [3.63, 3.8) is 0 Å². The lowest BCUT2D eigenvalue weighted by molar-refractivity contribution is 0.234. The SMILES string of the molecule is O=C(NCCO)NCCCCC1CCSS1. The van der Waals surface area contributed by atoms with E-state index in [1.165, 1.54) is 25.0 Å². The molecule has 0 bridgehead atoms. The Kier molecular flexibility index (Phi) is 7.88. The molecule has 1 aliphatic rings. The third kappa shape index (κ3) is 6.50. The van der Waals surface area contributed by atoms with Crippen molar-refractivity contribution in [2.75, 3.05) is 25.4 Å². The van der Waals surface area contributed by atoms with E-state index >= 15 is 0 Å². The van der Waals surface area contributed by atoms with Gasteiger partial charge in [-0.1, -0.05) is 28.0 Å². The fourth-order valence-corrected chi connectivity index (χ4v) is 4.52. The maximum Gasteiger partial charge on any atom is 0.314 e. The van der Waals surface area contributed by atoms with Crippen LogP contribution in [0.3, 0.4) is 0 Å². The van der Waals surface area contributed by atoms with E-state index < -0.39 is 0 Å². The van der Waals surface area contributed by atoms with Crippen molar-refractivity contribution in [2.45, 2.75) is 30.9 Å². The van der Waals surface area contributed by atoms with Crippen LogP contribution < -0.4 is 10.6 Å². The van der Waals surface area contributed by atoms with Crippen molar-refractivity contribution in [1.29, 1.82) is 0 Å². The summed E-state index contributed by atoms with van der Waals surface area (Å²) >= 11 is 0. The number of hydrogen-bond acceptors (Lipinski definition) is 4. The number of nitrogens with one attached hydrogen (secondary N) is 2. The zero-order valence-corrected chi connectivity index (χ0v) is 11.0. The number of urea groups is 1. The van der Waals surface area contributed by atoms with Gasteiger partial charge in [0, 0.05) is 24.1 Å². The minimum Gasteiger partial charge on any atom is -0.395 e. The lowest BCUT2D eigenvalue weighted by Gasteiger charge is -2.08. The number of rotatable bonds is 7. The highest BCUT2D eigenvalue weighted by molar-refractivity contribution is 8.77. The molecule has 1 unspecified atom stereocenters. The third-order valence-corrected chi connectivity index (χ3v) is 5.37. The van der Waals surface area contributed by atoms with Crippen LogP contribution in [0.4, 0.5) is 4.79 Å². The molecule has 3 N–H and O–H groups in total. The predicted molar refractivity (Wildman–Crippen MR) is 70.8 cm³/mol. The predicted octanol–water partition coefficient (Wildman–Crippen LogP) is 1.60. The van der Waals surface area contributed by atoms with Crippen molar-refractivity contribution in [2.24, 2.45) is 0 Å². The Morgan fingerprint density at radius 1 is 1.31 bits per heavy atom. The molecule has 1 fully saturated rings. The first kappa shape index (κ1) is 14.0. The molecule has 2 amide bonds. The highest BCUT2D eigenvalue weighted by Gasteiger charge is 2.15. The average Bonchev–Trinajstić information content (AvgIpc) is 2.79. The van der Waals surface area contributed by atoms with Crippen LogP contribution in [0, 0.1) is 0 Å².